The van der Waals surface area contributed by atoms with Crippen LogP contribution in [0.2, 0.25) is 5.02 Å². The molecule has 2 aromatic heterocycles. The topological polar surface area (TPSA) is 87.0 Å². The molecule has 0 aliphatic rings. The van der Waals surface area contributed by atoms with Gasteiger partial charge in [0.2, 0.25) is 5.82 Å². The number of aromatic nitrogens is 4. The second-order valence-corrected chi connectivity index (χ2v) is 6.10. The zero-order chi connectivity index (χ0) is 16.9. The monoisotopic (exact) mass is 362 g/mol. The predicted octanol–water partition coefficient (Wildman–Crippen LogP) is 2.48. The first-order chi connectivity index (χ1) is 11.6. The number of Topliss-reactive ketones (excluding diaryl/α,β-unsaturated/α-hetero) is 1. The molecule has 2 heterocycles. The highest BCUT2D eigenvalue weighted by molar-refractivity contribution is 7.13. The van der Waals surface area contributed by atoms with Gasteiger partial charge in [0.25, 0.3) is 0 Å². The van der Waals surface area contributed by atoms with Gasteiger partial charge < -0.3 is 4.74 Å². The molecule has 0 fully saturated rings. The van der Waals surface area contributed by atoms with Crippen molar-refractivity contribution >= 4 is 34.7 Å². The molecule has 0 spiro atoms. The van der Waals surface area contributed by atoms with Crippen LogP contribution in [0.5, 0.6) is 0 Å². The first kappa shape index (κ1) is 16.3. The summed E-state index contributed by atoms with van der Waals surface area (Å²) in [4.78, 5) is 25.7. The van der Waals surface area contributed by atoms with Gasteiger partial charge in [-0.05, 0) is 40.9 Å². The van der Waals surface area contributed by atoms with E-state index in [4.69, 9.17) is 16.3 Å². The van der Waals surface area contributed by atoms with Crippen molar-refractivity contribution in [1.82, 2.24) is 20.2 Å². The first-order valence-corrected chi connectivity index (χ1v) is 8.13. The number of tetrazole rings is 1. The zero-order valence-corrected chi connectivity index (χ0v) is 13.8. The van der Waals surface area contributed by atoms with Gasteiger partial charge in [-0.3, -0.25) is 4.79 Å². The lowest BCUT2D eigenvalue weighted by Gasteiger charge is -2.03. The fourth-order valence-electron chi connectivity index (χ4n) is 1.84. The lowest BCUT2D eigenvalue weighted by Crippen LogP contribution is -2.19. The molecule has 0 saturated heterocycles. The molecule has 0 aliphatic carbocycles. The Bertz CT molecular complexity index is 846. The molecule has 0 radical (unpaired) electrons. The van der Waals surface area contributed by atoms with E-state index in [2.05, 4.69) is 15.4 Å². The number of esters is 1. The summed E-state index contributed by atoms with van der Waals surface area (Å²) < 4.78 is 4.94. The van der Waals surface area contributed by atoms with Gasteiger partial charge in [-0.2, -0.15) is 4.80 Å². The van der Waals surface area contributed by atoms with E-state index in [0.717, 1.165) is 9.67 Å². The van der Waals surface area contributed by atoms with E-state index in [1.54, 1.807) is 24.3 Å². The van der Waals surface area contributed by atoms with Crippen LogP contribution in [0.4, 0.5) is 0 Å². The highest BCUT2D eigenvalue weighted by atomic mass is 35.5. The fraction of sp³-hybridized carbons (Fsp3) is 0.133. The molecule has 0 amide bonds. The van der Waals surface area contributed by atoms with E-state index in [1.807, 2.05) is 17.5 Å². The van der Waals surface area contributed by atoms with E-state index in [-0.39, 0.29) is 18.9 Å². The Hall–Kier alpha value is -2.58. The molecule has 0 bridgehead atoms. The standard InChI is InChI=1S/C15H11ClN4O3S/c16-11-5-3-10(4-6-11)12(21)9-23-14(22)8-20-18-15(17-19-20)13-2-1-7-24-13/h1-7H,8-9H2. The van der Waals surface area contributed by atoms with Crippen LogP contribution >= 0.6 is 22.9 Å². The number of thiophene rings is 1. The summed E-state index contributed by atoms with van der Waals surface area (Å²) in [6, 6.07) is 10.1. The summed E-state index contributed by atoms with van der Waals surface area (Å²) in [5.74, 6) is -0.492. The molecular formula is C15H11ClN4O3S. The maximum Gasteiger partial charge on any atom is 0.330 e. The zero-order valence-electron chi connectivity index (χ0n) is 12.3. The number of halogens is 1. The molecule has 3 aromatic rings. The van der Waals surface area contributed by atoms with Gasteiger partial charge >= 0.3 is 5.97 Å². The number of benzene rings is 1. The molecule has 1 aromatic carbocycles. The van der Waals surface area contributed by atoms with Crippen LogP contribution < -0.4 is 0 Å². The van der Waals surface area contributed by atoms with Crippen LogP contribution in [0, 0.1) is 0 Å². The van der Waals surface area contributed by atoms with Gasteiger partial charge in [0.15, 0.2) is 18.9 Å². The SMILES string of the molecule is O=C(Cn1nnc(-c2cccs2)n1)OCC(=O)c1ccc(Cl)cc1. The molecule has 24 heavy (non-hydrogen) atoms. The second kappa shape index (κ2) is 7.33. The molecule has 0 aliphatic heterocycles. The lowest BCUT2D eigenvalue weighted by atomic mass is 10.1. The predicted molar refractivity (Wildman–Crippen MR) is 87.9 cm³/mol. The number of rotatable bonds is 6. The van der Waals surface area contributed by atoms with Crippen molar-refractivity contribution in [3.05, 3.63) is 52.4 Å². The van der Waals surface area contributed by atoms with E-state index < -0.39 is 5.97 Å². The van der Waals surface area contributed by atoms with Crippen LogP contribution in [0.1, 0.15) is 10.4 Å². The van der Waals surface area contributed by atoms with Crippen molar-refractivity contribution in [1.29, 1.82) is 0 Å². The quantitative estimate of drug-likeness (QED) is 0.494. The van der Waals surface area contributed by atoms with Gasteiger partial charge in [0, 0.05) is 10.6 Å². The molecule has 0 N–H and O–H groups in total. The average Bonchev–Trinajstić information content (AvgIpc) is 3.24. The Morgan fingerprint density at radius 2 is 2.00 bits per heavy atom. The van der Waals surface area contributed by atoms with Crippen LogP contribution in [0.15, 0.2) is 41.8 Å². The highest BCUT2D eigenvalue weighted by Gasteiger charge is 2.13. The van der Waals surface area contributed by atoms with Gasteiger partial charge in [-0.15, -0.1) is 21.5 Å². The minimum atomic E-state index is -0.618. The van der Waals surface area contributed by atoms with E-state index in [1.165, 1.54) is 11.3 Å². The van der Waals surface area contributed by atoms with Crippen molar-refractivity contribution in [3.63, 3.8) is 0 Å². The molecule has 122 valence electrons. The summed E-state index contributed by atoms with van der Waals surface area (Å²) in [5, 5.41) is 14.2. The molecule has 7 nitrogen and oxygen atoms in total. The summed E-state index contributed by atoms with van der Waals surface area (Å²) in [6.45, 7) is -0.570. The van der Waals surface area contributed by atoms with E-state index >= 15 is 0 Å². The summed E-state index contributed by atoms with van der Waals surface area (Å²) in [6.07, 6.45) is 0. The molecule has 3 rings (SSSR count). The van der Waals surface area contributed by atoms with Crippen molar-refractivity contribution in [2.45, 2.75) is 6.54 Å². The Kier molecular flexibility index (Phi) is 4.97. The molecule has 0 unspecified atom stereocenters. The van der Waals surface area contributed by atoms with Crippen LogP contribution in [-0.4, -0.2) is 38.6 Å². The third-order valence-electron chi connectivity index (χ3n) is 3.00. The van der Waals surface area contributed by atoms with Gasteiger partial charge in [0.1, 0.15) is 0 Å². The van der Waals surface area contributed by atoms with Gasteiger partial charge in [-0.25, -0.2) is 4.79 Å². The normalized spacial score (nSPS) is 10.5. The van der Waals surface area contributed by atoms with Crippen molar-refractivity contribution in [3.8, 4) is 10.7 Å². The van der Waals surface area contributed by atoms with Crippen molar-refractivity contribution in [2.24, 2.45) is 0 Å². The highest BCUT2D eigenvalue weighted by Crippen LogP contribution is 2.19. The Morgan fingerprint density at radius 1 is 1.21 bits per heavy atom. The fourth-order valence-corrected chi connectivity index (χ4v) is 2.61. The van der Waals surface area contributed by atoms with Crippen molar-refractivity contribution in [2.75, 3.05) is 6.61 Å². The van der Waals surface area contributed by atoms with Gasteiger partial charge in [-0.1, -0.05) is 17.7 Å². The number of carbonyl (C=O) groups is 2. The number of ketones is 1. The van der Waals surface area contributed by atoms with Crippen LogP contribution in [-0.2, 0) is 16.1 Å². The van der Waals surface area contributed by atoms with E-state index in [0.29, 0.717) is 16.4 Å². The third kappa shape index (κ3) is 4.03. The maximum absolute atomic E-state index is 11.9. The molecule has 9 heteroatoms. The minimum Gasteiger partial charge on any atom is -0.456 e. The second-order valence-electron chi connectivity index (χ2n) is 4.71. The number of hydrogen-bond acceptors (Lipinski definition) is 7. The molecule has 0 atom stereocenters. The number of carbonyl (C=O) groups excluding carboxylic acids is 2. The van der Waals surface area contributed by atoms with Gasteiger partial charge in [0.05, 0.1) is 4.88 Å². The Balaban J connectivity index is 1.52. The third-order valence-corrected chi connectivity index (χ3v) is 4.11. The summed E-state index contributed by atoms with van der Waals surface area (Å²) in [5.41, 5.74) is 0.422. The Morgan fingerprint density at radius 3 is 2.71 bits per heavy atom. The number of ether oxygens (including phenoxy) is 1. The number of hydrogen-bond donors (Lipinski definition) is 0. The molecule has 0 saturated carbocycles. The maximum atomic E-state index is 11.9. The smallest absolute Gasteiger partial charge is 0.330 e. The van der Waals surface area contributed by atoms with E-state index in [9.17, 15) is 9.59 Å². The largest absolute Gasteiger partial charge is 0.456 e. The number of nitrogens with zero attached hydrogens (tertiary/aromatic N) is 4. The summed E-state index contributed by atoms with van der Waals surface area (Å²) in [7, 11) is 0. The molecular weight excluding hydrogens is 352 g/mol. The Labute approximate surface area is 145 Å². The average molecular weight is 363 g/mol. The minimum absolute atomic E-state index is 0.216. The van der Waals surface area contributed by atoms with Crippen LogP contribution in [0.3, 0.4) is 0 Å². The first-order valence-electron chi connectivity index (χ1n) is 6.88. The lowest BCUT2D eigenvalue weighted by molar-refractivity contribution is -0.143. The van der Waals surface area contributed by atoms with Crippen molar-refractivity contribution < 1.29 is 14.3 Å². The van der Waals surface area contributed by atoms with Crippen LogP contribution in [0.25, 0.3) is 10.7 Å². The summed E-state index contributed by atoms with van der Waals surface area (Å²) >= 11 is 7.23.